The highest BCUT2D eigenvalue weighted by molar-refractivity contribution is 7.89. The summed E-state index contributed by atoms with van der Waals surface area (Å²) >= 11 is 0. The molecule has 2 unspecified atom stereocenters. The molecule has 184 valence electrons. The Morgan fingerprint density at radius 1 is 1.03 bits per heavy atom. The van der Waals surface area contributed by atoms with E-state index in [0.29, 0.717) is 18.8 Å². The molecule has 0 N–H and O–H groups in total. The van der Waals surface area contributed by atoms with E-state index in [2.05, 4.69) is 0 Å². The van der Waals surface area contributed by atoms with E-state index in [1.165, 1.54) is 23.5 Å². The Morgan fingerprint density at radius 2 is 1.71 bits per heavy atom. The van der Waals surface area contributed by atoms with Crippen molar-refractivity contribution in [3.05, 3.63) is 72.3 Å². The number of carbonyl (C=O) groups is 1. The first-order valence-electron chi connectivity index (χ1n) is 11.3. The SMILES string of the molecule is COc1ccc(S(=O)(=O)N2CC=CCC(COCc3ccccc3)C2C(=O)OC(C)(C)C)cc1. The number of methoxy groups -OCH3 is 1. The summed E-state index contributed by atoms with van der Waals surface area (Å²) in [7, 11) is -2.48. The summed E-state index contributed by atoms with van der Waals surface area (Å²) in [4.78, 5) is 13.5. The van der Waals surface area contributed by atoms with Crippen LogP contribution in [0, 0.1) is 5.92 Å². The van der Waals surface area contributed by atoms with Crippen molar-refractivity contribution in [2.24, 2.45) is 5.92 Å². The van der Waals surface area contributed by atoms with Crippen LogP contribution < -0.4 is 4.74 Å². The van der Waals surface area contributed by atoms with Crippen LogP contribution in [0.15, 0.2) is 71.6 Å². The first-order valence-corrected chi connectivity index (χ1v) is 12.7. The molecule has 0 amide bonds. The zero-order valence-corrected chi connectivity index (χ0v) is 21.0. The van der Waals surface area contributed by atoms with Gasteiger partial charge in [-0.2, -0.15) is 4.31 Å². The second-order valence-electron chi connectivity index (χ2n) is 9.20. The van der Waals surface area contributed by atoms with Crippen LogP contribution in [0.25, 0.3) is 0 Å². The Kier molecular flexibility index (Phi) is 8.52. The molecule has 8 heteroatoms. The van der Waals surface area contributed by atoms with Crippen LogP contribution in [0.5, 0.6) is 5.75 Å². The molecule has 0 bridgehead atoms. The number of hydrogen-bond donors (Lipinski definition) is 0. The summed E-state index contributed by atoms with van der Waals surface area (Å²) in [5.74, 6) is -0.447. The molecule has 3 rings (SSSR count). The molecule has 2 atom stereocenters. The van der Waals surface area contributed by atoms with Gasteiger partial charge in [0.05, 0.1) is 25.2 Å². The average molecular weight is 488 g/mol. The average Bonchev–Trinajstić information content (AvgIpc) is 3.02. The van der Waals surface area contributed by atoms with Crippen molar-refractivity contribution >= 4 is 16.0 Å². The van der Waals surface area contributed by atoms with E-state index in [-0.39, 0.29) is 18.0 Å². The maximum Gasteiger partial charge on any atom is 0.325 e. The van der Waals surface area contributed by atoms with Gasteiger partial charge in [-0.05, 0) is 57.0 Å². The highest BCUT2D eigenvalue weighted by Crippen LogP contribution is 2.29. The van der Waals surface area contributed by atoms with Gasteiger partial charge < -0.3 is 14.2 Å². The number of nitrogens with zero attached hydrogens (tertiary/aromatic N) is 1. The van der Waals surface area contributed by atoms with Gasteiger partial charge in [0, 0.05) is 12.5 Å². The lowest BCUT2D eigenvalue weighted by Crippen LogP contribution is -2.51. The zero-order valence-electron chi connectivity index (χ0n) is 20.1. The predicted molar refractivity (Wildman–Crippen MR) is 130 cm³/mol. The molecule has 1 aliphatic rings. The molecule has 0 aliphatic carbocycles. The maximum atomic E-state index is 13.7. The summed E-state index contributed by atoms with van der Waals surface area (Å²) in [5.41, 5.74) is 0.241. The van der Waals surface area contributed by atoms with Crippen molar-refractivity contribution < 1.29 is 27.4 Å². The Balaban J connectivity index is 1.91. The van der Waals surface area contributed by atoms with E-state index in [4.69, 9.17) is 14.2 Å². The molecule has 34 heavy (non-hydrogen) atoms. The number of sulfonamides is 1. The molecule has 2 aromatic carbocycles. The number of carbonyl (C=O) groups excluding carboxylic acids is 1. The van der Waals surface area contributed by atoms with Gasteiger partial charge in [0.25, 0.3) is 0 Å². The molecule has 1 heterocycles. The molecule has 0 saturated heterocycles. The quantitative estimate of drug-likeness (QED) is 0.410. The second-order valence-corrected chi connectivity index (χ2v) is 11.1. The van der Waals surface area contributed by atoms with Gasteiger partial charge in [0.15, 0.2) is 0 Å². The van der Waals surface area contributed by atoms with Crippen LogP contribution in [0.4, 0.5) is 0 Å². The van der Waals surface area contributed by atoms with E-state index < -0.39 is 33.6 Å². The fraction of sp³-hybridized carbons (Fsp3) is 0.423. The minimum absolute atomic E-state index is 0.0630. The lowest BCUT2D eigenvalue weighted by atomic mass is 9.97. The first-order chi connectivity index (χ1) is 16.1. The van der Waals surface area contributed by atoms with Crippen LogP contribution in [-0.2, 0) is 30.9 Å². The van der Waals surface area contributed by atoms with Crippen molar-refractivity contribution in [3.8, 4) is 5.75 Å². The van der Waals surface area contributed by atoms with Crippen molar-refractivity contribution in [1.29, 1.82) is 0 Å². The normalized spacial score (nSPS) is 19.4. The molecule has 0 radical (unpaired) electrons. The van der Waals surface area contributed by atoms with Crippen molar-refractivity contribution in [3.63, 3.8) is 0 Å². The van der Waals surface area contributed by atoms with Gasteiger partial charge >= 0.3 is 5.97 Å². The number of benzene rings is 2. The van der Waals surface area contributed by atoms with Gasteiger partial charge in [-0.15, -0.1) is 0 Å². The lowest BCUT2D eigenvalue weighted by Gasteiger charge is -2.34. The van der Waals surface area contributed by atoms with Crippen molar-refractivity contribution in [1.82, 2.24) is 4.31 Å². The third-order valence-electron chi connectivity index (χ3n) is 5.41. The summed E-state index contributed by atoms with van der Waals surface area (Å²) < 4.78 is 45.3. The Bertz CT molecular complexity index is 1070. The van der Waals surface area contributed by atoms with E-state index in [1.807, 2.05) is 36.4 Å². The molecule has 2 aromatic rings. The van der Waals surface area contributed by atoms with Crippen LogP contribution in [0.2, 0.25) is 0 Å². The highest BCUT2D eigenvalue weighted by atomic mass is 32.2. The standard InChI is InChI=1S/C26H33NO6S/c1-26(2,3)33-25(28)24-21(19-32-18-20-10-6-5-7-11-20)12-8-9-17-27(24)34(29,30)23-15-13-22(31-4)14-16-23/h5-11,13-16,21,24H,12,17-19H2,1-4H3. The van der Waals surface area contributed by atoms with Crippen LogP contribution >= 0.6 is 0 Å². The van der Waals surface area contributed by atoms with Crippen molar-refractivity contribution in [2.75, 3.05) is 20.3 Å². The molecule has 0 fully saturated rings. The fourth-order valence-corrected chi connectivity index (χ4v) is 5.38. The van der Waals surface area contributed by atoms with Crippen LogP contribution in [0.3, 0.4) is 0 Å². The molecule has 7 nitrogen and oxygen atoms in total. The van der Waals surface area contributed by atoms with Gasteiger partial charge in [-0.25, -0.2) is 8.42 Å². The molecule has 1 aliphatic heterocycles. The molecule has 0 aromatic heterocycles. The van der Waals surface area contributed by atoms with Crippen LogP contribution in [0.1, 0.15) is 32.8 Å². The highest BCUT2D eigenvalue weighted by Gasteiger charge is 2.43. The van der Waals surface area contributed by atoms with Gasteiger partial charge in [-0.3, -0.25) is 4.79 Å². The van der Waals surface area contributed by atoms with E-state index in [9.17, 15) is 13.2 Å². The van der Waals surface area contributed by atoms with E-state index >= 15 is 0 Å². The fourth-order valence-electron chi connectivity index (χ4n) is 3.79. The molecule has 0 spiro atoms. The summed E-state index contributed by atoms with van der Waals surface area (Å²) in [6, 6.07) is 14.8. The minimum Gasteiger partial charge on any atom is -0.497 e. The lowest BCUT2D eigenvalue weighted by molar-refractivity contribution is -0.162. The summed E-state index contributed by atoms with van der Waals surface area (Å²) in [5, 5.41) is 0. The molecular formula is C26H33NO6S. The summed E-state index contributed by atoms with van der Waals surface area (Å²) in [6.45, 7) is 5.94. The third kappa shape index (κ3) is 6.68. The second kappa shape index (κ2) is 11.2. The van der Waals surface area contributed by atoms with Crippen LogP contribution in [-0.4, -0.2) is 50.6 Å². The van der Waals surface area contributed by atoms with E-state index in [0.717, 1.165) is 5.56 Å². The number of esters is 1. The Hall–Kier alpha value is -2.68. The largest absolute Gasteiger partial charge is 0.497 e. The Morgan fingerprint density at radius 3 is 2.32 bits per heavy atom. The maximum absolute atomic E-state index is 13.7. The molecular weight excluding hydrogens is 454 g/mol. The van der Waals surface area contributed by atoms with E-state index in [1.54, 1.807) is 39.0 Å². The first kappa shape index (κ1) is 25.9. The predicted octanol–water partition coefficient (Wildman–Crippen LogP) is 4.19. The summed E-state index contributed by atoms with van der Waals surface area (Å²) in [6.07, 6.45) is 4.17. The smallest absolute Gasteiger partial charge is 0.325 e. The Labute approximate surface area is 202 Å². The molecule has 0 saturated carbocycles. The number of ether oxygens (including phenoxy) is 3. The van der Waals surface area contributed by atoms with Gasteiger partial charge in [-0.1, -0.05) is 42.5 Å². The topological polar surface area (TPSA) is 82.1 Å². The minimum atomic E-state index is -4.00. The monoisotopic (exact) mass is 487 g/mol. The zero-order chi connectivity index (χ0) is 24.8. The third-order valence-corrected chi connectivity index (χ3v) is 7.27. The van der Waals surface area contributed by atoms with Gasteiger partial charge in [0.2, 0.25) is 10.0 Å². The number of hydrogen-bond acceptors (Lipinski definition) is 6. The number of allylic oxidation sites excluding steroid dienone is 1. The van der Waals surface area contributed by atoms with Crippen molar-refractivity contribution in [2.45, 2.75) is 50.3 Å². The van der Waals surface area contributed by atoms with Gasteiger partial charge in [0.1, 0.15) is 17.4 Å². The number of rotatable bonds is 8.